The van der Waals surface area contributed by atoms with Crippen molar-refractivity contribution in [3.8, 4) is 17.2 Å². The molecule has 2 aliphatic rings. The molecule has 1 nitrogen and oxygen atoms in total. The summed E-state index contributed by atoms with van der Waals surface area (Å²) in [6, 6.07) is 7.28. The first-order valence-electron chi connectivity index (χ1n) is 12.2. The third-order valence-electron chi connectivity index (χ3n) is 7.72. The summed E-state index contributed by atoms with van der Waals surface area (Å²) in [5, 5.41) is 8.88. The number of hydrogen-bond donors (Lipinski definition) is 0. The molecule has 1 fully saturated rings. The molecule has 170 valence electrons. The average Bonchev–Trinajstić information content (AvgIpc) is 2.78. The Kier molecular flexibility index (Phi) is 7.23. The lowest BCUT2D eigenvalue weighted by molar-refractivity contribution is 0.197. The van der Waals surface area contributed by atoms with Crippen molar-refractivity contribution in [1.29, 1.82) is 5.26 Å². The lowest BCUT2D eigenvalue weighted by Crippen LogP contribution is -2.28. The van der Waals surface area contributed by atoms with E-state index in [1.54, 1.807) is 6.07 Å². The van der Waals surface area contributed by atoms with Crippen molar-refractivity contribution < 1.29 is 13.2 Å². The Labute approximate surface area is 189 Å². The van der Waals surface area contributed by atoms with E-state index in [0.29, 0.717) is 23.8 Å². The molecular weight excluding hydrogens is 407 g/mol. The monoisotopic (exact) mass is 439 g/mol. The molecule has 0 aliphatic heterocycles. The first kappa shape index (κ1) is 22.9. The molecule has 1 saturated carbocycles. The second-order valence-electron chi connectivity index (χ2n) is 9.71. The number of halogens is 3. The van der Waals surface area contributed by atoms with Gasteiger partial charge in [0, 0.05) is 5.56 Å². The SMILES string of the molecule is CCCCCCC[C@@H]1CC[C@@H]2c3ccc(-c4cc(F)c(C#N)c(F)c4)c(F)c3CC[C@H]2C1. The summed E-state index contributed by atoms with van der Waals surface area (Å²) in [5.41, 5.74) is 1.54. The van der Waals surface area contributed by atoms with Crippen LogP contribution in [0.1, 0.15) is 93.7 Å². The van der Waals surface area contributed by atoms with E-state index in [0.717, 1.165) is 36.5 Å². The standard InChI is InChI=1S/C28H32F3N/c1-2-3-4-5-6-7-18-8-10-21-19(14-18)9-11-24-23(21)13-12-22(28(24)31)20-15-26(29)25(17-32)27(30)16-20/h12-13,15-16,18-19,21H,2-11,14H2,1H3/t18-,19+,21+/m1/s1. The third kappa shape index (κ3) is 4.58. The number of nitriles is 1. The van der Waals surface area contributed by atoms with Crippen LogP contribution in [-0.2, 0) is 6.42 Å². The fraction of sp³-hybridized carbons (Fsp3) is 0.536. The average molecular weight is 440 g/mol. The largest absolute Gasteiger partial charge is 0.206 e. The van der Waals surface area contributed by atoms with E-state index in [4.69, 9.17) is 5.26 Å². The Balaban J connectivity index is 1.49. The summed E-state index contributed by atoms with van der Waals surface area (Å²) in [6.45, 7) is 2.24. The third-order valence-corrected chi connectivity index (χ3v) is 7.72. The first-order valence-corrected chi connectivity index (χ1v) is 12.2. The zero-order chi connectivity index (χ0) is 22.7. The number of benzene rings is 2. The molecule has 0 radical (unpaired) electrons. The molecule has 0 saturated heterocycles. The van der Waals surface area contributed by atoms with Crippen LogP contribution in [0.5, 0.6) is 0 Å². The Morgan fingerprint density at radius 2 is 1.72 bits per heavy atom. The lowest BCUT2D eigenvalue weighted by atomic mass is 9.64. The van der Waals surface area contributed by atoms with Crippen LogP contribution >= 0.6 is 0 Å². The van der Waals surface area contributed by atoms with E-state index in [-0.39, 0.29) is 16.9 Å². The summed E-state index contributed by atoms with van der Waals surface area (Å²) in [4.78, 5) is 0. The molecule has 0 unspecified atom stereocenters. The van der Waals surface area contributed by atoms with E-state index >= 15 is 4.39 Å². The molecule has 4 heteroatoms. The minimum Gasteiger partial charge on any atom is -0.206 e. The number of rotatable bonds is 7. The molecule has 3 atom stereocenters. The second-order valence-corrected chi connectivity index (χ2v) is 9.71. The van der Waals surface area contributed by atoms with Gasteiger partial charge < -0.3 is 0 Å². The molecule has 0 bridgehead atoms. The van der Waals surface area contributed by atoms with Gasteiger partial charge in [-0.3, -0.25) is 0 Å². The zero-order valence-electron chi connectivity index (χ0n) is 18.9. The fourth-order valence-electron chi connectivity index (χ4n) is 6.01. The molecule has 0 spiro atoms. The van der Waals surface area contributed by atoms with Crippen LogP contribution in [0.25, 0.3) is 11.1 Å². The van der Waals surface area contributed by atoms with Gasteiger partial charge in [-0.15, -0.1) is 0 Å². The maximum absolute atomic E-state index is 15.5. The van der Waals surface area contributed by atoms with Crippen molar-refractivity contribution in [2.75, 3.05) is 0 Å². The predicted octanol–water partition coefficient (Wildman–Crippen LogP) is 8.45. The van der Waals surface area contributed by atoms with Crippen LogP contribution in [0, 0.1) is 40.6 Å². The minimum atomic E-state index is -0.951. The van der Waals surface area contributed by atoms with Crippen LogP contribution in [0.3, 0.4) is 0 Å². The van der Waals surface area contributed by atoms with Crippen molar-refractivity contribution in [1.82, 2.24) is 0 Å². The number of fused-ring (bicyclic) bond motifs is 3. The van der Waals surface area contributed by atoms with Crippen molar-refractivity contribution in [3.05, 3.63) is 58.4 Å². The van der Waals surface area contributed by atoms with Gasteiger partial charge in [-0.25, -0.2) is 13.2 Å². The topological polar surface area (TPSA) is 23.8 Å². The molecule has 0 heterocycles. The van der Waals surface area contributed by atoms with Crippen molar-refractivity contribution in [2.45, 2.75) is 83.5 Å². The van der Waals surface area contributed by atoms with Gasteiger partial charge in [0.05, 0.1) is 0 Å². The molecule has 0 N–H and O–H groups in total. The summed E-state index contributed by atoms with van der Waals surface area (Å²) < 4.78 is 43.7. The molecular formula is C28H32F3N. The van der Waals surface area contributed by atoms with Gasteiger partial charge in [0.15, 0.2) is 0 Å². The highest BCUT2D eigenvalue weighted by Gasteiger charge is 2.36. The van der Waals surface area contributed by atoms with Crippen molar-refractivity contribution in [3.63, 3.8) is 0 Å². The highest BCUT2D eigenvalue weighted by Crippen LogP contribution is 2.49. The van der Waals surface area contributed by atoms with Gasteiger partial charge in [0.25, 0.3) is 0 Å². The van der Waals surface area contributed by atoms with Crippen LogP contribution in [-0.4, -0.2) is 0 Å². The highest BCUT2D eigenvalue weighted by molar-refractivity contribution is 5.67. The predicted molar refractivity (Wildman–Crippen MR) is 122 cm³/mol. The summed E-state index contributed by atoms with van der Waals surface area (Å²) in [5.74, 6) is -0.448. The normalized spacial score (nSPS) is 22.2. The first-order chi connectivity index (χ1) is 15.5. The van der Waals surface area contributed by atoms with E-state index in [1.165, 1.54) is 57.4 Å². The Morgan fingerprint density at radius 1 is 0.969 bits per heavy atom. The fourth-order valence-corrected chi connectivity index (χ4v) is 6.01. The maximum Gasteiger partial charge on any atom is 0.144 e. The van der Waals surface area contributed by atoms with Gasteiger partial charge in [-0.05, 0) is 78.7 Å². The maximum atomic E-state index is 15.5. The van der Waals surface area contributed by atoms with Gasteiger partial charge in [0.2, 0.25) is 0 Å². The second kappa shape index (κ2) is 10.1. The smallest absolute Gasteiger partial charge is 0.144 e. The van der Waals surface area contributed by atoms with Gasteiger partial charge >= 0.3 is 0 Å². The molecule has 32 heavy (non-hydrogen) atoms. The molecule has 0 aromatic heterocycles. The van der Waals surface area contributed by atoms with Crippen molar-refractivity contribution in [2.24, 2.45) is 11.8 Å². The Morgan fingerprint density at radius 3 is 2.44 bits per heavy atom. The zero-order valence-corrected chi connectivity index (χ0v) is 18.9. The van der Waals surface area contributed by atoms with Gasteiger partial charge in [0.1, 0.15) is 29.1 Å². The van der Waals surface area contributed by atoms with Crippen LogP contribution in [0.15, 0.2) is 24.3 Å². The van der Waals surface area contributed by atoms with Crippen LogP contribution in [0.2, 0.25) is 0 Å². The summed E-state index contributed by atoms with van der Waals surface area (Å²) in [7, 11) is 0. The quantitative estimate of drug-likeness (QED) is 0.397. The molecule has 0 amide bonds. The number of unbranched alkanes of at least 4 members (excludes halogenated alkanes) is 4. The van der Waals surface area contributed by atoms with Crippen molar-refractivity contribution >= 4 is 0 Å². The number of hydrogen-bond acceptors (Lipinski definition) is 1. The summed E-state index contributed by atoms with van der Waals surface area (Å²) >= 11 is 0. The molecule has 2 aromatic carbocycles. The summed E-state index contributed by atoms with van der Waals surface area (Å²) in [6.07, 6.45) is 13.2. The Hall–Kier alpha value is -2.28. The lowest BCUT2D eigenvalue weighted by Gasteiger charge is -2.41. The van der Waals surface area contributed by atoms with Gasteiger partial charge in [-0.1, -0.05) is 57.6 Å². The Bertz CT molecular complexity index is 983. The molecule has 4 rings (SSSR count). The van der Waals surface area contributed by atoms with Crippen LogP contribution < -0.4 is 0 Å². The highest BCUT2D eigenvalue weighted by atomic mass is 19.1. The van der Waals surface area contributed by atoms with E-state index < -0.39 is 17.2 Å². The van der Waals surface area contributed by atoms with E-state index in [1.807, 2.05) is 6.07 Å². The molecule has 2 aromatic rings. The minimum absolute atomic E-state index is 0.146. The van der Waals surface area contributed by atoms with E-state index in [2.05, 4.69) is 6.92 Å². The van der Waals surface area contributed by atoms with E-state index in [9.17, 15) is 8.78 Å². The molecule has 2 aliphatic carbocycles. The number of nitrogens with zero attached hydrogens (tertiary/aromatic N) is 1. The van der Waals surface area contributed by atoms with Crippen LogP contribution in [0.4, 0.5) is 13.2 Å². The van der Waals surface area contributed by atoms with Gasteiger partial charge in [-0.2, -0.15) is 5.26 Å².